The summed E-state index contributed by atoms with van der Waals surface area (Å²) in [4.78, 5) is 22.3. The second kappa shape index (κ2) is 10.1. The van der Waals surface area contributed by atoms with Gasteiger partial charge in [0.25, 0.3) is 5.69 Å². The molecular weight excluding hydrogens is 418 g/mol. The molecule has 6 nitrogen and oxygen atoms in total. The van der Waals surface area contributed by atoms with Crippen LogP contribution in [0.25, 0.3) is 5.57 Å². The van der Waals surface area contributed by atoms with Gasteiger partial charge in [-0.05, 0) is 18.2 Å². The lowest BCUT2D eigenvalue weighted by Crippen LogP contribution is -2.28. The van der Waals surface area contributed by atoms with Crippen LogP contribution in [0.2, 0.25) is 0 Å². The zero-order valence-corrected chi connectivity index (χ0v) is 17.7. The first-order valence-corrected chi connectivity index (χ1v) is 9.80. The van der Waals surface area contributed by atoms with Gasteiger partial charge in [0.2, 0.25) is 0 Å². The normalized spacial score (nSPS) is 12.5. The lowest BCUT2D eigenvalue weighted by atomic mass is 9.85. The van der Waals surface area contributed by atoms with Gasteiger partial charge in [-0.2, -0.15) is 0 Å². The molecule has 0 saturated carbocycles. The molecule has 3 aromatic carbocycles. The summed E-state index contributed by atoms with van der Waals surface area (Å²) in [5.41, 5.74) is 0.676. The second-order valence-electron chi connectivity index (χ2n) is 6.88. The maximum atomic E-state index is 11.7. The fourth-order valence-corrected chi connectivity index (χ4v) is 3.41. The number of methoxy groups -OCH3 is 1. The summed E-state index contributed by atoms with van der Waals surface area (Å²) in [7, 11) is 1.48. The first-order chi connectivity index (χ1) is 15.9. The van der Waals surface area contributed by atoms with Crippen molar-refractivity contribution >= 4 is 17.2 Å². The van der Waals surface area contributed by atoms with Crippen LogP contribution in [0.5, 0.6) is 0 Å². The number of carboxylic acids is 1. The number of allylic oxidation sites excluding steroid dienone is 2. The van der Waals surface area contributed by atoms with Crippen molar-refractivity contribution in [3.63, 3.8) is 0 Å². The SMILES string of the molecule is C#C/C=C(/C#CC(OC)(c1ccccc1)c1ccc([N+](=O)[O-])cc1)c1ccccc1C(=O)O. The van der Waals surface area contributed by atoms with Crippen molar-refractivity contribution in [3.05, 3.63) is 117 Å². The molecule has 3 aromatic rings. The molecule has 0 saturated heterocycles. The predicted molar refractivity (Wildman–Crippen MR) is 125 cm³/mol. The van der Waals surface area contributed by atoms with Gasteiger partial charge in [0.1, 0.15) is 0 Å². The highest BCUT2D eigenvalue weighted by atomic mass is 16.6. The Hall–Kier alpha value is -4.65. The molecule has 1 atom stereocenters. The predicted octanol–water partition coefficient (Wildman–Crippen LogP) is 4.90. The van der Waals surface area contributed by atoms with E-state index < -0.39 is 16.5 Å². The van der Waals surface area contributed by atoms with Crippen molar-refractivity contribution < 1.29 is 19.6 Å². The fourth-order valence-electron chi connectivity index (χ4n) is 3.41. The van der Waals surface area contributed by atoms with Gasteiger partial charge in [0, 0.05) is 47.6 Å². The lowest BCUT2D eigenvalue weighted by Gasteiger charge is -2.28. The van der Waals surface area contributed by atoms with Crippen LogP contribution >= 0.6 is 0 Å². The lowest BCUT2D eigenvalue weighted by molar-refractivity contribution is -0.384. The minimum Gasteiger partial charge on any atom is -0.478 e. The van der Waals surface area contributed by atoms with Gasteiger partial charge in [-0.25, -0.2) is 4.79 Å². The Kier molecular flexibility index (Phi) is 7.05. The Morgan fingerprint density at radius 2 is 1.58 bits per heavy atom. The number of rotatable bonds is 6. The summed E-state index contributed by atoms with van der Waals surface area (Å²) < 4.78 is 5.91. The molecule has 0 spiro atoms. The highest BCUT2D eigenvalue weighted by Gasteiger charge is 2.33. The van der Waals surface area contributed by atoms with E-state index in [1.165, 1.54) is 31.4 Å². The van der Waals surface area contributed by atoms with E-state index in [1.807, 2.05) is 30.3 Å². The largest absolute Gasteiger partial charge is 0.478 e. The van der Waals surface area contributed by atoms with Gasteiger partial charge < -0.3 is 9.84 Å². The van der Waals surface area contributed by atoms with Crippen LogP contribution in [-0.4, -0.2) is 23.1 Å². The van der Waals surface area contributed by atoms with E-state index in [9.17, 15) is 20.0 Å². The number of terminal acetylenes is 1. The van der Waals surface area contributed by atoms with E-state index >= 15 is 0 Å². The minimum atomic E-state index is -1.29. The Labute approximate surface area is 191 Å². The molecule has 0 aromatic heterocycles. The molecule has 0 heterocycles. The second-order valence-corrected chi connectivity index (χ2v) is 6.88. The van der Waals surface area contributed by atoms with Gasteiger partial charge in [0.05, 0.1) is 10.5 Å². The minimum absolute atomic E-state index is 0.0614. The van der Waals surface area contributed by atoms with Gasteiger partial charge in [0.15, 0.2) is 5.60 Å². The number of nitro benzene ring substituents is 1. The van der Waals surface area contributed by atoms with Gasteiger partial charge in [-0.1, -0.05) is 66.3 Å². The third kappa shape index (κ3) is 4.83. The van der Waals surface area contributed by atoms with Crippen LogP contribution in [0.3, 0.4) is 0 Å². The maximum absolute atomic E-state index is 11.7. The topological polar surface area (TPSA) is 89.7 Å². The quantitative estimate of drug-likeness (QED) is 0.336. The van der Waals surface area contributed by atoms with Gasteiger partial charge in [-0.3, -0.25) is 10.1 Å². The maximum Gasteiger partial charge on any atom is 0.336 e. The van der Waals surface area contributed by atoms with E-state index in [-0.39, 0.29) is 11.3 Å². The van der Waals surface area contributed by atoms with Gasteiger partial charge >= 0.3 is 5.97 Å². The number of hydrogen-bond donors (Lipinski definition) is 1. The molecule has 0 amide bonds. The summed E-state index contributed by atoms with van der Waals surface area (Å²) >= 11 is 0. The highest BCUT2D eigenvalue weighted by Crippen LogP contribution is 2.34. The zero-order valence-electron chi connectivity index (χ0n) is 17.7. The van der Waals surface area contributed by atoms with Crippen molar-refractivity contribution in [1.82, 2.24) is 0 Å². The molecule has 3 rings (SSSR count). The van der Waals surface area contributed by atoms with E-state index in [1.54, 1.807) is 30.3 Å². The molecule has 6 heteroatoms. The Morgan fingerprint density at radius 1 is 1.00 bits per heavy atom. The van der Waals surface area contributed by atoms with E-state index in [4.69, 9.17) is 11.2 Å². The van der Waals surface area contributed by atoms with Crippen molar-refractivity contribution in [2.45, 2.75) is 5.60 Å². The molecule has 0 aliphatic carbocycles. The third-order valence-electron chi connectivity index (χ3n) is 5.02. The third-order valence-corrected chi connectivity index (χ3v) is 5.02. The molecule has 33 heavy (non-hydrogen) atoms. The Balaban J connectivity index is 2.24. The summed E-state index contributed by atoms with van der Waals surface area (Å²) in [5, 5.41) is 20.7. The molecule has 0 aliphatic rings. The van der Waals surface area contributed by atoms with Crippen LogP contribution in [0.4, 0.5) is 5.69 Å². The average Bonchev–Trinajstić information content (AvgIpc) is 2.85. The van der Waals surface area contributed by atoms with Crippen molar-refractivity contribution in [2.24, 2.45) is 0 Å². The monoisotopic (exact) mass is 437 g/mol. The fraction of sp³-hybridized carbons (Fsp3) is 0.0741. The number of nitro groups is 1. The first-order valence-electron chi connectivity index (χ1n) is 9.80. The summed E-state index contributed by atoms with van der Waals surface area (Å²) in [5.74, 6) is 7.43. The molecule has 1 unspecified atom stereocenters. The van der Waals surface area contributed by atoms with Crippen LogP contribution in [-0.2, 0) is 10.3 Å². The molecule has 1 N–H and O–H groups in total. The number of carbonyl (C=O) groups is 1. The smallest absolute Gasteiger partial charge is 0.336 e. The van der Waals surface area contributed by atoms with E-state index in [0.717, 1.165) is 0 Å². The zero-order chi connectivity index (χ0) is 23.8. The number of aromatic carboxylic acids is 1. The standard InChI is InChI=1S/C27H19NO5/c1-3-9-20(24-12-7-8-13-25(24)26(29)30)18-19-27(33-2,21-10-5-4-6-11-21)22-14-16-23(17-15-22)28(31)32/h1,4-17H,2H3,(H,29,30)/b20-9-. The number of non-ortho nitro benzene ring substituents is 1. The van der Waals surface area contributed by atoms with Crippen molar-refractivity contribution in [3.8, 4) is 24.2 Å². The molecule has 0 bridgehead atoms. The van der Waals surface area contributed by atoms with Gasteiger partial charge in [-0.15, -0.1) is 6.42 Å². The number of nitrogens with zero attached hydrogens (tertiary/aromatic N) is 1. The molecule has 0 aliphatic heterocycles. The van der Waals surface area contributed by atoms with Crippen molar-refractivity contribution in [2.75, 3.05) is 7.11 Å². The summed E-state index contributed by atoms with van der Waals surface area (Å²) in [6.07, 6.45) is 6.89. The van der Waals surface area contributed by atoms with Crippen LogP contribution in [0.15, 0.2) is 84.9 Å². The number of carboxylic acid groups (broad SMARTS) is 1. The molecular formula is C27H19NO5. The van der Waals surface area contributed by atoms with E-state index in [2.05, 4.69) is 17.8 Å². The number of ether oxygens (including phenoxy) is 1. The Bertz CT molecular complexity index is 1310. The van der Waals surface area contributed by atoms with Crippen LogP contribution in [0.1, 0.15) is 27.0 Å². The first kappa shape index (κ1) is 23.0. The molecule has 162 valence electrons. The molecule has 0 fully saturated rings. The summed E-state index contributed by atoms with van der Waals surface area (Å²) in [6, 6.07) is 21.5. The number of hydrogen-bond acceptors (Lipinski definition) is 4. The number of benzene rings is 3. The highest BCUT2D eigenvalue weighted by molar-refractivity contribution is 5.97. The average molecular weight is 437 g/mol. The Morgan fingerprint density at radius 3 is 2.12 bits per heavy atom. The van der Waals surface area contributed by atoms with Crippen molar-refractivity contribution in [1.29, 1.82) is 0 Å². The molecule has 0 radical (unpaired) electrons. The van der Waals surface area contributed by atoms with Crippen LogP contribution in [0, 0.1) is 34.3 Å². The van der Waals surface area contributed by atoms with Crippen LogP contribution < -0.4 is 0 Å². The van der Waals surface area contributed by atoms with E-state index in [0.29, 0.717) is 22.3 Å². The summed E-state index contributed by atoms with van der Waals surface area (Å²) in [6.45, 7) is 0.